The third kappa shape index (κ3) is 4.61. The second-order valence-electron chi connectivity index (χ2n) is 5.40. The predicted molar refractivity (Wildman–Crippen MR) is 95.8 cm³/mol. The minimum atomic E-state index is -3.23. The normalized spacial score (nSPS) is 10.7. The van der Waals surface area contributed by atoms with Crippen LogP contribution in [0.3, 0.4) is 0 Å². The first kappa shape index (κ1) is 17.6. The molecule has 0 radical (unpaired) electrons. The van der Waals surface area contributed by atoms with E-state index < -0.39 is 9.84 Å². The highest BCUT2D eigenvalue weighted by molar-refractivity contribution is 7.90. The molecule has 0 saturated heterocycles. The number of benzene rings is 2. The van der Waals surface area contributed by atoms with Gasteiger partial charge in [-0.1, -0.05) is 12.0 Å². The van der Waals surface area contributed by atoms with E-state index in [2.05, 4.69) is 11.2 Å². The van der Waals surface area contributed by atoms with Crippen LogP contribution in [0.5, 0.6) is 0 Å². The number of carbonyl (C=O) groups is 1. The van der Waals surface area contributed by atoms with Gasteiger partial charge in [-0.2, -0.15) is 0 Å². The van der Waals surface area contributed by atoms with Gasteiger partial charge < -0.3 is 10.2 Å². The molecule has 0 aliphatic carbocycles. The van der Waals surface area contributed by atoms with E-state index in [1.807, 2.05) is 0 Å². The molecular formula is C18H18N2O3S. The SMILES string of the molecule is C#Cc1cccc(NC(=O)CN(C)c2ccc(S(C)(=O)=O)cc2)c1. The molecule has 0 atom stereocenters. The smallest absolute Gasteiger partial charge is 0.243 e. The molecule has 6 heteroatoms. The fourth-order valence-electron chi connectivity index (χ4n) is 2.14. The van der Waals surface area contributed by atoms with Crippen LogP contribution >= 0.6 is 0 Å². The lowest BCUT2D eigenvalue weighted by molar-refractivity contribution is -0.114. The lowest BCUT2D eigenvalue weighted by Crippen LogP contribution is -2.30. The van der Waals surface area contributed by atoms with Crippen molar-refractivity contribution in [3.05, 3.63) is 54.1 Å². The van der Waals surface area contributed by atoms with Crippen LogP contribution in [0.1, 0.15) is 5.56 Å². The summed E-state index contributed by atoms with van der Waals surface area (Å²) in [6.45, 7) is 0.124. The fraction of sp³-hybridized carbons (Fsp3) is 0.167. The molecule has 2 aromatic carbocycles. The summed E-state index contributed by atoms with van der Waals surface area (Å²) in [6, 6.07) is 13.4. The monoisotopic (exact) mass is 342 g/mol. The lowest BCUT2D eigenvalue weighted by atomic mass is 10.2. The number of carbonyl (C=O) groups excluding carboxylic acids is 1. The minimum absolute atomic E-state index is 0.124. The summed E-state index contributed by atoms with van der Waals surface area (Å²) < 4.78 is 22.9. The van der Waals surface area contributed by atoms with Crippen molar-refractivity contribution in [2.24, 2.45) is 0 Å². The van der Waals surface area contributed by atoms with Crippen molar-refractivity contribution in [3.63, 3.8) is 0 Å². The number of amides is 1. The summed E-state index contributed by atoms with van der Waals surface area (Å²) in [5.74, 6) is 2.32. The zero-order valence-corrected chi connectivity index (χ0v) is 14.3. The second kappa shape index (κ2) is 7.20. The van der Waals surface area contributed by atoms with Gasteiger partial charge in [0.05, 0.1) is 11.4 Å². The van der Waals surface area contributed by atoms with E-state index in [9.17, 15) is 13.2 Å². The topological polar surface area (TPSA) is 66.5 Å². The van der Waals surface area contributed by atoms with Crippen LogP contribution in [0.2, 0.25) is 0 Å². The van der Waals surface area contributed by atoms with Crippen LogP contribution in [0.4, 0.5) is 11.4 Å². The van der Waals surface area contributed by atoms with Gasteiger partial charge in [0.25, 0.3) is 0 Å². The largest absolute Gasteiger partial charge is 0.365 e. The zero-order chi connectivity index (χ0) is 17.7. The molecule has 0 aliphatic heterocycles. The van der Waals surface area contributed by atoms with Gasteiger partial charge in [-0.15, -0.1) is 6.42 Å². The maximum Gasteiger partial charge on any atom is 0.243 e. The van der Waals surface area contributed by atoms with E-state index in [0.29, 0.717) is 11.3 Å². The van der Waals surface area contributed by atoms with E-state index in [-0.39, 0.29) is 17.3 Å². The third-order valence-corrected chi connectivity index (χ3v) is 4.53. The molecule has 0 spiro atoms. The van der Waals surface area contributed by atoms with Crippen LogP contribution in [-0.2, 0) is 14.6 Å². The molecule has 5 nitrogen and oxygen atoms in total. The predicted octanol–water partition coefficient (Wildman–Crippen LogP) is 2.15. The van der Waals surface area contributed by atoms with Gasteiger partial charge >= 0.3 is 0 Å². The molecule has 0 aromatic heterocycles. The summed E-state index contributed by atoms with van der Waals surface area (Å²) in [5, 5.41) is 2.78. The first-order chi connectivity index (χ1) is 11.3. The Morgan fingerprint density at radius 3 is 2.46 bits per heavy atom. The van der Waals surface area contributed by atoms with Crippen molar-refractivity contribution in [2.45, 2.75) is 4.90 Å². The molecule has 1 amide bonds. The molecule has 0 saturated carbocycles. The van der Waals surface area contributed by atoms with Crippen molar-refractivity contribution in [1.29, 1.82) is 0 Å². The highest BCUT2D eigenvalue weighted by Crippen LogP contribution is 2.17. The summed E-state index contributed by atoms with van der Waals surface area (Å²) in [5.41, 5.74) is 2.07. The van der Waals surface area contributed by atoms with E-state index in [0.717, 1.165) is 11.9 Å². The molecule has 24 heavy (non-hydrogen) atoms. The number of nitrogens with zero attached hydrogens (tertiary/aromatic N) is 1. The van der Waals surface area contributed by atoms with Crippen molar-refractivity contribution in [1.82, 2.24) is 0 Å². The molecule has 2 rings (SSSR count). The van der Waals surface area contributed by atoms with E-state index in [4.69, 9.17) is 6.42 Å². The summed E-state index contributed by atoms with van der Waals surface area (Å²) in [6.07, 6.45) is 6.49. The number of sulfone groups is 1. The molecular weight excluding hydrogens is 324 g/mol. The maximum absolute atomic E-state index is 12.1. The van der Waals surface area contributed by atoms with Crippen LogP contribution in [0.25, 0.3) is 0 Å². The third-order valence-electron chi connectivity index (χ3n) is 3.40. The standard InChI is InChI=1S/C18H18N2O3S/c1-4-14-6-5-7-15(12-14)19-18(21)13-20(2)16-8-10-17(11-9-16)24(3,22)23/h1,5-12H,13H2,2-3H3,(H,19,21). The number of terminal acetylenes is 1. The number of hydrogen-bond donors (Lipinski definition) is 1. The van der Waals surface area contributed by atoms with Crippen LogP contribution in [0, 0.1) is 12.3 Å². The summed E-state index contributed by atoms with van der Waals surface area (Å²) in [4.78, 5) is 14.1. The van der Waals surface area contributed by atoms with Gasteiger partial charge in [-0.3, -0.25) is 4.79 Å². The van der Waals surface area contributed by atoms with Gasteiger partial charge in [-0.25, -0.2) is 8.42 Å². The summed E-state index contributed by atoms with van der Waals surface area (Å²) in [7, 11) is -1.47. The second-order valence-corrected chi connectivity index (χ2v) is 7.41. The Morgan fingerprint density at radius 1 is 1.21 bits per heavy atom. The van der Waals surface area contributed by atoms with E-state index in [1.54, 1.807) is 48.3 Å². The van der Waals surface area contributed by atoms with Gasteiger partial charge in [0.1, 0.15) is 0 Å². The molecule has 0 heterocycles. The van der Waals surface area contributed by atoms with Gasteiger partial charge in [0, 0.05) is 30.2 Å². The van der Waals surface area contributed by atoms with Crippen molar-refractivity contribution >= 4 is 27.1 Å². The highest BCUT2D eigenvalue weighted by atomic mass is 32.2. The Hall–Kier alpha value is -2.78. The first-order valence-corrected chi connectivity index (χ1v) is 9.06. The van der Waals surface area contributed by atoms with Crippen molar-refractivity contribution in [2.75, 3.05) is 30.1 Å². The Labute approximate surface area is 142 Å². The highest BCUT2D eigenvalue weighted by Gasteiger charge is 2.10. The molecule has 1 N–H and O–H groups in total. The van der Waals surface area contributed by atoms with Crippen LogP contribution in [0.15, 0.2) is 53.4 Å². The summed E-state index contributed by atoms with van der Waals surface area (Å²) >= 11 is 0. The lowest BCUT2D eigenvalue weighted by Gasteiger charge is -2.19. The van der Waals surface area contributed by atoms with Crippen LogP contribution in [-0.4, -0.2) is 34.2 Å². The maximum atomic E-state index is 12.1. The fourth-order valence-corrected chi connectivity index (χ4v) is 2.77. The Bertz CT molecular complexity index is 881. The minimum Gasteiger partial charge on any atom is -0.365 e. The number of hydrogen-bond acceptors (Lipinski definition) is 4. The quantitative estimate of drug-likeness (QED) is 0.846. The molecule has 0 aliphatic rings. The number of anilines is 2. The Balaban J connectivity index is 2.02. The average Bonchev–Trinajstić information content (AvgIpc) is 2.54. The first-order valence-electron chi connectivity index (χ1n) is 7.17. The molecule has 2 aromatic rings. The Morgan fingerprint density at radius 2 is 1.88 bits per heavy atom. The van der Waals surface area contributed by atoms with Crippen molar-refractivity contribution < 1.29 is 13.2 Å². The number of nitrogens with one attached hydrogen (secondary N) is 1. The van der Waals surface area contributed by atoms with Crippen molar-refractivity contribution in [3.8, 4) is 12.3 Å². The number of likely N-dealkylation sites (N-methyl/N-ethyl adjacent to an activating group) is 1. The molecule has 0 unspecified atom stereocenters. The molecule has 0 fully saturated rings. The molecule has 124 valence electrons. The zero-order valence-electron chi connectivity index (χ0n) is 13.5. The van der Waals surface area contributed by atoms with Crippen LogP contribution < -0.4 is 10.2 Å². The average molecular weight is 342 g/mol. The Kier molecular flexibility index (Phi) is 5.27. The van der Waals surface area contributed by atoms with E-state index >= 15 is 0 Å². The molecule has 0 bridgehead atoms. The van der Waals surface area contributed by atoms with E-state index in [1.165, 1.54) is 12.1 Å². The number of rotatable bonds is 5. The van der Waals surface area contributed by atoms with Gasteiger partial charge in [-0.05, 0) is 42.5 Å². The van der Waals surface area contributed by atoms with Gasteiger partial charge in [0.2, 0.25) is 5.91 Å². The van der Waals surface area contributed by atoms with Gasteiger partial charge in [0.15, 0.2) is 9.84 Å².